The van der Waals surface area contributed by atoms with Crippen LogP contribution >= 0.6 is 0 Å². The Hall–Kier alpha value is -2.01. The minimum Gasteiger partial charge on any atom is -0.358 e. The van der Waals surface area contributed by atoms with E-state index in [9.17, 15) is 0 Å². The average Bonchev–Trinajstić information content (AvgIpc) is 2.60. The number of aromatic amines is 1. The molecule has 0 atom stereocenters. The maximum atomic E-state index is 8.34. The first kappa shape index (κ1) is 8.58. The number of hydrogen-bond donors (Lipinski definition) is 1. The van der Waals surface area contributed by atoms with Gasteiger partial charge >= 0.3 is 0 Å². The SMILES string of the molecule is N#CC=CCc1cc2ccccc2[nH]1. The highest BCUT2D eigenvalue weighted by Crippen LogP contribution is 2.14. The van der Waals surface area contributed by atoms with Crippen molar-refractivity contribution in [3.63, 3.8) is 0 Å². The normalized spacial score (nSPS) is 10.8. The Balaban J connectivity index is 2.28. The molecular weight excluding hydrogens is 172 g/mol. The fourth-order valence-corrected chi connectivity index (χ4v) is 1.48. The van der Waals surface area contributed by atoms with Crippen LogP contribution in [-0.4, -0.2) is 4.98 Å². The van der Waals surface area contributed by atoms with Crippen LogP contribution in [0, 0.1) is 11.3 Å². The number of allylic oxidation sites excluding steroid dienone is 2. The van der Waals surface area contributed by atoms with Gasteiger partial charge in [0.1, 0.15) is 0 Å². The van der Waals surface area contributed by atoms with Crippen LogP contribution in [0.3, 0.4) is 0 Å². The molecule has 2 nitrogen and oxygen atoms in total. The number of nitrogens with zero attached hydrogens (tertiary/aromatic N) is 1. The van der Waals surface area contributed by atoms with Crippen molar-refractivity contribution >= 4 is 10.9 Å². The summed E-state index contributed by atoms with van der Waals surface area (Å²) in [5.74, 6) is 0. The Bertz CT molecular complexity index is 467. The predicted octanol–water partition coefficient (Wildman–Crippen LogP) is 2.79. The summed E-state index contributed by atoms with van der Waals surface area (Å²) >= 11 is 0. The van der Waals surface area contributed by atoms with Crippen LogP contribution in [0.4, 0.5) is 0 Å². The van der Waals surface area contributed by atoms with E-state index in [0.29, 0.717) is 0 Å². The summed E-state index contributed by atoms with van der Waals surface area (Å²) in [7, 11) is 0. The fraction of sp³-hybridized carbons (Fsp3) is 0.0833. The van der Waals surface area contributed by atoms with Gasteiger partial charge in [-0.15, -0.1) is 0 Å². The molecule has 14 heavy (non-hydrogen) atoms. The second-order valence-corrected chi connectivity index (χ2v) is 3.12. The van der Waals surface area contributed by atoms with Gasteiger partial charge in [0.05, 0.1) is 6.07 Å². The molecule has 0 saturated carbocycles. The summed E-state index contributed by atoms with van der Waals surface area (Å²) in [6, 6.07) is 12.2. The molecule has 0 amide bonds. The van der Waals surface area contributed by atoms with Gasteiger partial charge in [0.15, 0.2) is 0 Å². The van der Waals surface area contributed by atoms with Crippen LogP contribution < -0.4 is 0 Å². The minimum atomic E-state index is 0.780. The molecule has 0 radical (unpaired) electrons. The molecular formula is C12H10N2. The van der Waals surface area contributed by atoms with E-state index in [1.54, 1.807) is 0 Å². The lowest BCUT2D eigenvalue weighted by Gasteiger charge is -1.86. The van der Waals surface area contributed by atoms with Crippen LogP contribution in [0.15, 0.2) is 42.5 Å². The third kappa shape index (κ3) is 1.67. The fourth-order valence-electron chi connectivity index (χ4n) is 1.48. The van der Waals surface area contributed by atoms with Crippen LogP contribution in [0.2, 0.25) is 0 Å². The van der Waals surface area contributed by atoms with Gasteiger partial charge in [0.25, 0.3) is 0 Å². The smallest absolute Gasteiger partial charge is 0.0908 e. The summed E-state index contributed by atoms with van der Waals surface area (Å²) < 4.78 is 0. The van der Waals surface area contributed by atoms with Crippen LogP contribution in [-0.2, 0) is 6.42 Å². The van der Waals surface area contributed by atoms with Gasteiger partial charge in [-0.25, -0.2) is 0 Å². The lowest BCUT2D eigenvalue weighted by molar-refractivity contribution is 1.17. The monoisotopic (exact) mass is 182 g/mol. The highest BCUT2D eigenvalue weighted by atomic mass is 14.7. The molecule has 2 aromatic rings. The summed E-state index contributed by atoms with van der Waals surface area (Å²) in [5.41, 5.74) is 2.28. The highest BCUT2D eigenvalue weighted by Gasteiger charge is 1.96. The van der Waals surface area contributed by atoms with Crippen molar-refractivity contribution in [3.05, 3.63) is 48.2 Å². The Kier molecular flexibility index (Phi) is 2.33. The summed E-state index contributed by atoms with van der Waals surface area (Å²) in [5, 5.41) is 9.55. The number of H-pyrrole nitrogens is 1. The van der Waals surface area contributed by atoms with Gasteiger partial charge < -0.3 is 4.98 Å². The molecule has 0 aliphatic rings. The molecule has 2 heteroatoms. The molecule has 0 aliphatic heterocycles. The van der Waals surface area contributed by atoms with E-state index in [-0.39, 0.29) is 0 Å². The zero-order chi connectivity index (χ0) is 9.80. The van der Waals surface area contributed by atoms with Crippen molar-refractivity contribution in [1.29, 1.82) is 5.26 Å². The minimum absolute atomic E-state index is 0.780. The molecule has 1 aromatic heterocycles. The van der Waals surface area contributed by atoms with Crippen molar-refractivity contribution in [2.45, 2.75) is 6.42 Å². The van der Waals surface area contributed by atoms with Gasteiger partial charge in [-0.2, -0.15) is 5.26 Å². The lowest BCUT2D eigenvalue weighted by Crippen LogP contribution is -1.77. The lowest BCUT2D eigenvalue weighted by atomic mass is 10.2. The highest BCUT2D eigenvalue weighted by molar-refractivity contribution is 5.80. The van der Waals surface area contributed by atoms with E-state index < -0.39 is 0 Å². The first-order valence-electron chi connectivity index (χ1n) is 4.51. The van der Waals surface area contributed by atoms with Crippen molar-refractivity contribution in [3.8, 4) is 6.07 Å². The van der Waals surface area contributed by atoms with Gasteiger partial charge in [0, 0.05) is 23.7 Å². The number of nitrogens with one attached hydrogen (secondary N) is 1. The summed E-state index contributed by atoms with van der Waals surface area (Å²) in [4.78, 5) is 3.29. The molecule has 2 rings (SSSR count). The molecule has 0 spiro atoms. The van der Waals surface area contributed by atoms with E-state index >= 15 is 0 Å². The van der Waals surface area contributed by atoms with E-state index in [4.69, 9.17) is 5.26 Å². The van der Waals surface area contributed by atoms with Crippen LogP contribution in [0.25, 0.3) is 10.9 Å². The topological polar surface area (TPSA) is 39.6 Å². The second kappa shape index (κ2) is 3.80. The number of para-hydroxylation sites is 1. The molecule has 0 aliphatic carbocycles. The Labute approximate surface area is 82.5 Å². The van der Waals surface area contributed by atoms with E-state index in [1.807, 2.05) is 30.3 Å². The number of benzene rings is 1. The molecule has 0 unspecified atom stereocenters. The third-order valence-corrected chi connectivity index (χ3v) is 2.12. The average molecular weight is 182 g/mol. The zero-order valence-electron chi connectivity index (χ0n) is 7.70. The standard InChI is InChI=1S/C12H10N2/c13-8-4-3-6-11-9-10-5-1-2-7-12(10)14-11/h1-5,7,9,14H,6H2. The van der Waals surface area contributed by atoms with Crippen molar-refractivity contribution in [1.82, 2.24) is 4.98 Å². The quantitative estimate of drug-likeness (QED) is 0.713. The maximum absolute atomic E-state index is 8.34. The van der Waals surface area contributed by atoms with Crippen molar-refractivity contribution in [2.75, 3.05) is 0 Å². The first-order chi connectivity index (χ1) is 6.90. The van der Waals surface area contributed by atoms with Gasteiger partial charge in [0.2, 0.25) is 0 Å². The Morgan fingerprint density at radius 1 is 1.36 bits per heavy atom. The largest absolute Gasteiger partial charge is 0.358 e. The Morgan fingerprint density at radius 2 is 2.21 bits per heavy atom. The molecule has 0 fully saturated rings. The third-order valence-electron chi connectivity index (χ3n) is 2.12. The van der Waals surface area contributed by atoms with E-state index in [1.165, 1.54) is 11.5 Å². The molecule has 0 saturated heterocycles. The maximum Gasteiger partial charge on any atom is 0.0908 e. The van der Waals surface area contributed by atoms with Crippen LogP contribution in [0.5, 0.6) is 0 Å². The molecule has 1 N–H and O–H groups in total. The van der Waals surface area contributed by atoms with Crippen molar-refractivity contribution in [2.24, 2.45) is 0 Å². The van der Waals surface area contributed by atoms with Crippen molar-refractivity contribution < 1.29 is 0 Å². The summed E-state index contributed by atoms with van der Waals surface area (Å²) in [6.45, 7) is 0. The Morgan fingerprint density at radius 3 is 3.00 bits per heavy atom. The first-order valence-corrected chi connectivity index (χ1v) is 4.51. The van der Waals surface area contributed by atoms with Gasteiger partial charge in [-0.05, 0) is 17.5 Å². The van der Waals surface area contributed by atoms with Gasteiger partial charge in [-0.1, -0.05) is 24.3 Å². The van der Waals surface area contributed by atoms with E-state index in [2.05, 4.69) is 17.1 Å². The number of rotatable bonds is 2. The molecule has 68 valence electrons. The summed E-state index contributed by atoms with van der Waals surface area (Å²) in [6.07, 6.45) is 4.14. The number of hydrogen-bond acceptors (Lipinski definition) is 1. The second-order valence-electron chi connectivity index (χ2n) is 3.12. The van der Waals surface area contributed by atoms with Crippen LogP contribution in [0.1, 0.15) is 5.69 Å². The predicted molar refractivity (Wildman–Crippen MR) is 56.8 cm³/mol. The number of nitriles is 1. The molecule has 0 bridgehead atoms. The molecule has 1 heterocycles. The molecule has 1 aromatic carbocycles. The zero-order valence-corrected chi connectivity index (χ0v) is 7.70. The number of aromatic nitrogens is 1. The number of fused-ring (bicyclic) bond motifs is 1. The van der Waals surface area contributed by atoms with E-state index in [0.717, 1.165) is 17.6 Å². The van der Waals surface area contributed by atoms with Gasteiger partial charge in [-0.3, -0.25) is 0 Å².